The molecular formula is C20H26O7. The molecule has 1 aromatic rings. The van der Waals surface area contributed by atoms with E-state index >= 15 is 0 Å². The molecule has 1 aliphatic heterocycles. The fraction of sp³-hybridized carbons (Fsp3) is 0.600. The van der Waals surface area contributed by atoms with E-state index in [4.69, 9.17) is 18.9 Å². The number of hydrogen-bond donors (Lipinski definition) is 1. The molecule has 0 amide bonds. The number of ether oxygens (including phenoxy) is 4. The summed E-state index contributed by atoms with van der Waals surface area (Å²) in [5.74, 6) is -2.83. The molecule has 0 aromatic heterocycles. The molecule has 0 radical (unpaired) electrons. The van der Waals surface area contributed by atoms with E-state index < -0.39 is 42.1 Å². The van der Waals surface area contributed by atoms with Crippen LogP contribution < -0.4 is 0 Å². The molecule has 7 nitrogen and oxygen atoms in total. The normalized spacial score (nSPS) is 29.9. The number of aliphatic carboxylic acids is 1. The maximum absolute atomic E-state index is 12.7. The first-order valence-electron chi connectivity index (χ1n) is 9.25. The van der Waals surface area contributed by atoms with E-state index in [1.54, 1.807) is 20.8 Å². The molecule has 7 heteroatoms. The number of hydrogen-bond acceptors (Lipinski definition) is 6. The van der Waals surface area contributed by atoms with Crippen molar-refractivity contribution in [2.45, 2.75) is 70.4 Å². The highest BCUT2D eigenvalue weighted by molar-refractivity contribution is 5.74. The second-order valence-corrected chi connectivity index (χ2v) is 7.41. The summed E-state index contributed by atoms with van der Waals surface area (Å²) in [5, 5.41) is 9.27. The van der Waals surface area contributed by atoms with Gasteiger partial charge < -0.3 is 24.1 Å². The molecule has 0 spiro atoms. The Bertz CT molecular complexity index is 672. The summed E-state index contributed by atoms with van der Waals surface area (Å²) in [6.45, 7) is 5.45. The Hall–Kier alpha value is -1.96. The smallest absolute Gasteiger partial charge is 0.332 e. The van der Waals surface area contributed by atoms with Crippen LogP contribution in [0.25, 0.3) is 0 Å². The standard InChI is InChI=1S/C20H26O7/c1-4-14(18(21)22)25-15-10-13(16-17(15)27-20(2,3)26-16)19(23)24-11-12-8-6-5-7-9-12/h5-9,13-17H,4,10-11H2,1-3H3,(H,21,22)/t13-,14?,15+,16+,17-/m1/s1. The fourth-order valence-corrected chi connectivity index (χ4v) is 3.67. The van der Waals surface area contributed by atoms with Gasteiger partial charge in [0.05, 0.1) is 12.0 Å². The number of carbonyl (C=O) groups is 2. The van der Waals surface area contributed by atoms with Crippen molar-refractivity contribution in [3.8, 4) is 0 Å². The zero-order valence-electron chi connectivity index (χ0n) is 15.8. The van der Waals surface area contributed by atoms with Crippen LogP contribution in [0, 0.1) is 5.92 Å². The van der Waals surface area contributed by atoms with E-state index in [0.717, 1.165) is 5.56 Å². The molecule has 0 bridgehead atoms. The van der Waals surface area contributed by atoms with Crippen LogP contribution in [0.2, 0.25) is 0 Å². The zero-order valence-corrected chi connectivity index (χ0v) is 15.8. The van der Waals surface area contributed by atoms with Crippen molar-refractivity contribution in [2.24, 2.45) is 5.92 Å². The van der Waals surface area contributed by atoms with Crippen LogP contribution in [0.15, 0.2) is 30.3 Å². The van der Waals surface area contributed by atoms with Crippen LogP contribution in [0.5, 0.6) is 0 Å². The Kier molecular flexibility index (Phi) is 5.83. The highest BCUT2D eigenvalue weighted by Crippen LogP contribution is 2.43. The van der Waals surface area contributed by atoms with Crippen molar-refractivity contribution in [3.05, 3.63) is 35.9 Å². The van der Waals surface area contributed by atoms with E-state index in [-0.39, 0.29) is 12.6 Å². The number of esters is 1. The third-order valence-electron chi connectivity index (χ3n) is 4.92. The predicted molar refractivity (Wildman–Crippen MR) is 94.8 cm³/mol. The van der Waals surface area contributed by atoms with Gasteiger partial charge in [-0.3, -0.25) is 4.79 Å². The van der Waals surface area contributed by atoms with Crippen molar-refractivity contribution in [2.75, 3.05) is 0 Å². The van der Waals surface area contributed by atoms with Crippen LogP contribution in [-0.4, -0.2) is 47.2 Å². The molecule has 1 N–H and O–H groups in total. The minimum atomic E-state index is -1.03. The highest BCUT2D eigenvalue weighted by Gasteiger charge is 2.57. The molecule has 1 aliphatic carbocycles. The minimum Gasteiger partial charge on any atom is -0.479 e. The number of rotatable bonds is 7. The predicted octanol–water partition coefficient (Wildman–Crippen LogP) is 2.52. The van der Waals surface area contributed by atoms with Gasteiger partial charge >= 0.3 is 11.9 Å². The average Bonchev–Trinajstić information content (AvgIpc) is 3.11. The van der Waals surface area contributed by atoms with E-state index in [0.29, 0.717) is 12.8 Å². The van der Waals surface area contributed by atoms with Gasteiger partial charge in [-0.1, -0.05) is 37.3 Å². The number of benzene rings is 1. The van der Waals surface area contributed by atoms with Crippen LogP contribution in [0.4, 0.5) is 0 Å². The van der Waals surface area contributed by atoms with Gasteiger partial charge in [-0.2, -0.15) is 0 Å². The molecule has 1 heterocycles. The molecule has 148 valence electrons. The van der Waals surface area contributed by atoms with E-state index in [1.165, 1.54) is 0 Å². The Morgan fingerprint density at radius 1 is 1.22 bits per heavy atom. The van der Waals surface area contributed by atoms with Crippen molar-refractivity contribution in [1.82, 2.24) is 0 Å². The average molecular weight is 378 g/mol. The summed E-state index contributed by atoms with van der Waals surface area (Å²) in [4.78, 5) is 24.0. The van der Waals surface area contributed by atoms with E-state index in [1.807, 2.05) is 30.3 Å². The van der Waals surface area contributed by atoms with Gasteiger partial charge in [0.15, 0.2) is 11.9 Å². The van der Waals surface area contributed by atoms with Crippen molar-refractivity contribution < 1.29 is 33.6 Å². The summed E-state index contributed by atoms with van der Waals surface area (Å²) < 4.78 is 23.0. The lowest BCUT2D eigenvalue weighted by molar-refractivity contribution is -0.185. The minimum absolute atomic E-state index is 0.177. The van der Waals surface area contributed by atoms with Gasteiger partial charge in [-0.15, -0.1) is 0 Å². The number of carbonyl (C=O) groups excluding carboxylic acids is 1. The number of fused-ring (bicyclic) bond motifs is 1. The van der Waals surface area contributed by atoms with Gasteiger partial charge in [0.2, 0.25) is 0 Å². The third-order valence-corrected chi connectivity index (χ3v) is 4.92. The van der Waals surface area contributed by atoms with Gasteiger partial charge in [0.1, 0.15) is 18.8 Å². The Balaban J connectivity index is 1.69. The van der Waals surface area contributed by atoms with Crippen molar-refractivity contribution >= 4 is 11.9 Å². The second-order valence-electron chi connectivity index (χ2n) is 7.41. The monoisotopic (exact) mass is 378 g/mol. The summed E-state index contributed by atoms with van der Waals surface area (Å²) in [5.41, 5.74) is 0.897. The Morgan fingerprint density at radius 2 is 1.89 bits per heavy atom. The maximum atomic E-state index is 12.7. The topological polar surface area (TPSA) is 91.3 Å². The van der Waals surface area contributed by atoms with Crippen LogP contribution >= 0.6 is 0 Å². The Morgan fingerprint density at radius 3 is 2.52 bits per heavy atom. The second kappa shape index (κ2) is 7.96. The lowest BCUT2D eigenvalue weighted by Gasteiger charge is -2.25. The summed E-state index contributed by atoms with van der Waals surface area (Å²) in [7, 11) is 0. The first-order chi connectivity index (χ1) is 12.8. The highest BCUT2D eigenvalue weighted by atomic mass is 16.8. The van der Waals surface area contributed by atoms with Crippen molar-refractivity contribution in [1.29, 1.82) is 0 Å². The molecule has 1 unspecified atom stereocenters. The van der Waals surface area contributed by atoms with Gasteiger partial charge in [0, 0.05) is 0 Å². The summed E-state index contributed by atoms with van der Waals surface area (Å²) in [6, 6.07) is 9.42. The largest absolute Gasteiger partial charge is 0.479 e. The molecule has 27 heavy (non-hydrogen) atoms. The SMILES string of the molecule is CCC(O[C@H]1C[C@@H](C(=O)OCc2ccccc2)[C@@H]2OC(C)(C)O[C@@H]21)C(=O)O. The lowest BCUT2D eigenvalue weighted by atomic mass is 10.1. The van der Waals surface area contributed by atoms with E-state index in [9.17, 15) is 14.7 Å². The van der Waals surface area contributed by atoms with Crippen LogP contribution in [-0.2, 0) is 35.1 Å². The molecule has 1 saturated heterocycles. The maximum Gasteiger partial charge on any atom is 0.332 e. The summed E-state index contributed by atoms with van der Waals surface area (Å²) >= 11 is 0. The summed E-state index contributed by atoms with van der Waals surface area (Å²) in [6.07, 6.45) is -1.85. The van der Waals surface area contributed by atoms with Crippen LogP contribution in [0.3, 0.4) is 0 Å². The Labute approximate surface area is 158 Å². The number of carboxylic acids is 1. The molecule has 1 saturated carbocycles. The first-order valence-corrected chi connectivity index (χ1v) is 9.25. The number of carboxylic acid groups (broad SMARTS) is 1. The first kappa shape index (κ1) is 19.8. The van der Waals surface area contributed by atoms with Gasteiger partial charge in [-0.05, 0) is 32.3 Å². The van der Waals surface area contributed by atoms with Crippen LogP contribution in [0.1, 0.15) is 39.2 Å². The van der Waals surface area contributed by atoms with E-state index in [2.05, 4.69) is 0 Å². The van der Waals surface area contributed by atoms with Crippen molar-refractivity contribution in [3.63, 3.8) is 0 Å². The van der Waals surface area contributed by atoms with Gasteiger partial charge in [0.25, 0.3) is 0 Å². The molecular weight excluding hydrogens is 352 g/mol. The molecule has 3 rings (SSSR count). The molecule has 2 fully saturated rings. The zero-order chi connectivity index (χ0) is 19.6. The molecule has 1 aromatic carbocycles. The quantitative estimate of drug-likeness (QED) is 0.729. The lowest BCUT2D eigenvalue weighted by Crippen LogP contribution is -2.36. The molecule has 5 atom stereocenters. The molecule has 2 aliphatic rings. The van der Waals surface area contributed by atoms with Gasteiger partial charge in [-0.25, -0.2) is 4.79 Å². The fourth-order valence-electron chi connectivity index (χ4n) is 3.67. The third kappa shape index (κ3) is 4.48.